The quantitative estimate of drug-likeness (QED) is 0.462. The van der Waals surface area contributed by atoms with Crippen LogP contribution >= 0.6 is 0 Å². The van der Waals surface area contributed by atoms with Crippen LogP contribution in [0.5, 0.6) is 0 Å². The highest BCUT2D eigenvalue weighted by atomic mass is 16.2. The van der Waals surface area contributed by atoms with Gasteiger partial charge in [-0.1, -0.05) is 17.7 Å². The predicted octanol–water partition coefficient (Wildman–Crippen LogP) is 2.64. The summed E-state index contributed by atoms with van der Waals surface area (Å²) < 4.78 is 1.77. The molecule has 1 aliphatic rings. The molecule has 0 aliphatic carbocycles. The Morgan fingerprint density at radius 1 is 1.09 bits per heavy atom. The summed E-state index contributed by atoms with van der Waals surface area (Å²) in [5, 5.41) is 20.5. The highest BCUT2D eigenvalue weighted by Crippen LogP contribution is 2.19. The lowest BCUT2D eigenvalue weighted by molar-refractivity contribution is 0.0746. The van der Waals surface area contributed by atoms with Gasteiger partial charge in [0.1, 0.15) is 5.69 Å². The molecule has 1 aromatic carbocycles. The summed E-state index contributed by atoms with van der Waals surface area (Å²) in [5.74, 6) is 0.621. The first-order chi connectivity index (χ1) is 16.0. The number of H-pyrrole nitrogens is 1. The van der Waals surface area contributed by atoms with Gasteiger partial charge in [0.15, 0.2) is 0 Å². The van der Waals surface area contributed by atoms with E-state index in [9.17, 15) is 4.79 Å². The van der Waals surface area contributed by atoms with E-state index in [2.05, 4.69) is 20.2 Å². The van der Waals surface area contributed by atoms with Gasteiger partial charge in [-0.05, 0) is 44.2 Å². The van der Waals surface area contributed by atoms with Crippen molar-refractivity contribution in [3.63, 3.8) is 0 Å². The molecule has 9 heteroatoms. The Morgan fingerprint density at radius 3 is 2.64 bits per heavy atom. The molecule has 168 valence electrons. The van der Waals surface area contributed by atoms with Crippen LogP contribution in [0.25, 0.3) is 5.52 Å². The number of rotatable bonds is 5. The number of fused-ring (bicyclic) bond motifs is 1. The van der Waals surface area contributed by atoms with E-state index in [0.29, 0.717) is 50.0 Å². The van der Waals surface area contributed by atoms with Crippen molar-refractivity contribution in [2.75, 3.05) is 31.1 Å². The molecule has 4 aromatic rings. The number of amides is 1. The van der Waals surface area contributed by atoms with Gasteiger partial charge in [0.25, 0.3) is 5.91 Å². The summed E-state index contributed by atoms with van der Waals surface area (Å²) in [6.07, 6.45) is 2.26. The number of nitrogens with one attached hydrogen (secondary N) is 2. The zero-order valence-electron chi connectivity index (χ0n) is 18.7. The van der Waals surface area contributed by atoms with Crippen molar-refractivity contribution in [2.24, 2.45) is 0 Å². The van der Waals surface area contributed by atoms with Gasteiger partial charge < -0.3 is 15.2 Å². The zero-order chi connectivity index (χ0) is 22.9. The maximum absolute atomic E-state index is 12.9. The molecule has 0 bridgehead atoms. The number of carbonyl (C=O) groups is 1. The van der Waals surface area contributed by atoms with Gasteiger partial charge in [-0.2, -0.15) is 5.10 Å². The van der Waals surface area contributed by atoms with E-state index < -0.39 is 0 Å². The molecule has 4 heterocycles. The highest BCUT2D eigenvalue weighted by Gasteiger charge is 2.25. The van der Waals surface area contributed by atoms with Gasteiger partial charge in [0.05, 0.1) is 16.9 Å². The molecule has 0 radical (unpaired) electrons. The Bertz CT molecular complexity index is 1330. The van der Waals surface area contributed by atoms with Gasteiger partial charge in [0.2, 0.25) is 5.95 Å². The summed E-state index contributed by atoms with van der Waals surface area (Å²) in [6, 6.07) is 13.5. The number of hydrogen-bond acceptors (Lipinski definition) is 6. The normalized spacial score (nSPS) is 14.1. The van der Waals surface area contributed by atoms with Gasteiger partial charge >= 0.3 is 0 Å². The molecule has 0 spiro atoms. The summed E-state index contributed by atoms with van der Waals surface area (Å²) in [5.41, 5.74) is 5.36. The lowest BCUT2D eigenvalue weighted by atomic mass is 10.1. The number of piperazine rings is 1. The van der Waals surface area contributed by atoms with Crippen LogP contribution in [0, 0.1) is 19.3 Å². The van der Waals surface area contributed by atoms with Crippen LogP contribution in [0.4, 0.5) is 5.95 Å². The summed E-state index contributed by atoms with van der Waals surface area (Å²) in [4.78, 5) is 21.6. The molecule has 5 rings (SSSR count). The van der Waals surface area contributed by atoms with Crippen molar-refractivity contribution >= 4 is 23.1 Å². The molecule has 33 heavy (non-hydrogen) atoms. The number of aromatic amines is 1. The molecule has 9 nitrogen and oxygen atoms in total. The van der Waals surface area contributed by atoms with Crippen LogP contribution in [0.15, 0.2) is 48.7 Å². The molecule has 1 saturated heterocycles. The molecule has 1 aliphatic heterocycles. The van der Waals surface area contributed by atoms with Crippen LogP contribution in [-0.2, 0) is 6.42 Å². The van der Waals surface area contributed by atoms with E-state index in [4.69, 9.17) is 10.4 Å². The van der Waals surface area contributed by atoms with Gasteiger partial charge in [-0.15, -0.1) is 5.10 Å². The van der Waals surface area contributed by atoms with Crippen molar-refractivity contribution < 1.29 is 4.79 Å². The van der Waals surface area contributed by atoms with Gasteiger partial charge in [0, 0.05) is 50.1 Å². The summed E-state index contributed by atoms with van der Waals surface area (Å²) in [7, 11) is 0. The smallest absolute Gasteiger partial charge is 0.253 e. The molecule has 0 atom stereocenters. The highest BCUT2D eigenvalue weighted by molar-refractivity contribution is 6.03. The first-order valence-corrected chi connectivity index (χ1v) is 11.0. The summed E-state index contributed by atoms with van der Waals surface area (Å²) in [6.45, 7) is 6.40. The predicted molar refractivity (Wildman–Crippen MR) is 126 cm³/mol. The molecule has 0 unspecified atom stereocenters. The van der Waals surface area contributed by atoms with Crippen LogP contribution in [0.2, 0.25) is 0 Å². The fraction of sp³-hybridized carbons (Fsp3) is 0.292. The van der Waals surface area contributed by atoms with Crippen LogP contribution in [-0.4, -0.2) is 67.5 Å². The van der Waals surface area contributed by atoms with E-state index in [1.54, 1.807) is 4.52 Å². The molecule has 2 N–H and O–H groups in total. The monoisotopic (exact) mass is 442 g/mol. The van der Waals surface area contributed by atoms with E-state index in [0.717, 1.165) is 28.0 Å². The Kier molecular flexibility index (Phi) is 5.37. The molecule has 1 amide bonds. The van der Waals surface area contributed by atoms with E-state index >= 15 is 0 Å². The molecule has 3 aromatic heterocycles. The summed E-state index contributed by atoms with van der Waals surface area (Å²) >= 11 is 0. The second-order valence-electron chi connectivity index (χ2n) is 8.44. The van der Waals surface area contributed by atoms with E-state index in [1.165, 1.54) is 0 Å². The third-order valence-electron chi connectivity index (χ3n) is 5.90. The van der Waals surface area contributed by atoms with E-state index in [-0.39, 0.29) is 5.91 Å². The lowest BCUT2D eigenvalue weighted by Gasteiger charge is -2.35. The van der Waals surface area contributed by atoms with Crippen molar-refractivity contribution in [3.05, 3.63) is 76.9 Å². The molecule has 0 saturated carbocycles. The Balaban J connectivity index is 1.34. The van der Waals surface area contributed by atoms with Gasteiger partial charge in [-0.25, -0.2) is 9.50 Å². The standard InChI is InChI=1S/C24H26N8O/c1-16-5-3-6-18(13-16)23(33)30-9-11-31(12-10-30)24-26-22(21-7-4-8-32(21)29-24)20(25)15-19-14-17(2)27-28-19/h3-8,13-14,25H,9-12,15H2,1-2H3,(H,27,28). The van der Waals surface area contributed by atoms with E-state index in [1.807, 2.05) is 67.4 Å². The fourth-order valence-corrected chi connectivity index (χ4v) is 4.18. The number of nitrogens with zero attached hydrogens (tertiary/aromatic N) is 6. The maximum Gasteiger partial charge on any atom is 0.253 e. The topological polar surface area (TPSA) is 106 Å². The Labute approximate surface area is 191 Å². The second-order valence-corrected chi connectivity index (χ2v) is 8.44. The number of anilines is 1. The third kappa shape index (κ3) is 4.21. The Hall–Kier alpha value is -4.01. The minimum absolute atomic E-state index is 0.0527. The average molecular weight is 443 g/mol. The maximum atomic E-state index is 12.9. The number of hydrogen-bond donors (Lipinski definition) is 2. The van der Waals surface area contributed by atoms with Crippen LogP contribution < -0.4 is 4.90 Å². The molecular formula is C24H26N8O. The van der Waals surface area contributed by atoms with Crippen molar-refractivity contribution in [1.82, 2.24) is 29.7 Å². The Morgan fingerprint density at radius 2 is 1.91 bits per heavy atom. The fourth-order valence-electron chi connectivity index (χ4n) is 4.18. The molecular weight excluding hydrogens is 416 g/mol. The number of aryl methyl sites for hydroxylation is 2. The molecule has 1 fully saturated rings. The zero-order valence-corrected chi connectivity index (χ0v) is 18.7. The van der Waals surface area contributed by atoms with Crippen molar-refractivity contribution in [3.8, 4) is 0 Å². The third-order valence-corrected chi connectivity index (χ3v) is 5.90. The second kappa shape index (κ2) is 8.50. The number of carbonyl (C=O) groups excluding carboxylic acids is 1. The SMILES string of the molecule is Cc1cccc(C(=O)N2CCN(c3nc(C(=N)Cc4cc(C)[nH]n4)c4cccn4n3)CC2)c1. The first kappa shape index (κ1) is 20.9. The van der Waals surface area contributed by atoms with Crippen molar-refractivity contribution in [1.29, 1.82) is 5.41 Å². The lowest BCUT2D eigenvalue weighted by Crippen LogP contribution is -2.49. The minimum Gasteiger partial charge on any atom is -0.336 e. The minimum atomic E-state index is 0.0527. The largest absolute Gasteiger partial charge is 0.336 e. The van der Waals surface area contributed by atoms with Gasteiger partial charge in [-0.3, -0.25) is 9.89 Å². The van der Waals surface area contributed by atoms with Crippen molar-refractivity contribution in [2.45, 2.75) is 20.3 Å². The first-order valence-electron chi connectivity index (χ1n) is 11.0. The van der Waals surface area contributed by atoms with Crippen LogP contribution in [0.1, 0.15) is 33.0 Å². The number of aromatic nitrogens is 5. The average Bonchev–Trinajstić information content (AvgIpc) is 3.46. The number of benzene rings is 1. The van der Waals surface area contributed by atoms with Crippen LogP contribution in [0.3, 0.4) is 0 Å².